The van der Waals surface area contributed by atoms with Crippen molar-refractivity contribution < 1.29 is 34.1 Å². The molecule has 5 rings (SSSR count). The molecule has 3 N–H and O–H groups in total. The van der Waals surface area contributed by atoms with Gasteiger partial charge in [0.25, 0.3) is 0 Å². The molecule has 46 heavy (non-hydrogen) atoms. The summed E-state index contributed by atoms with van der Waals surface area (Å²) >= 11 is 0. The van der Waals surface area contributed by atoms with Crippen molar-refractivity contribution in [1.82, 2.24) is 15.1 Å². The van der Waals surface area contributed by atoms with Crippen LogP contribution in [0.2, 0.25) is 0 Å². The maximum atomic E-state index is 13.9. The average molecular weight is 658 g/mol. The van der Waals surface area contributed by atoms with Gasteiger partial charge in [0.05, 0.1) is 18.3 Å². The number of carbonyl (C=O) groups is 3. The lowest BCUT2D eigenvalue weighted by Crippen LogP contribution is -2.73. The Morgan fingerprint density at radius 2 is 1.65 bits per heavy atom. The van der Waals surface area contributed by atoms with Gasteiger partial charge in [-0.05, 0) is 68.0 Å². The third kappa shape index (κ3) is 7.96. The fourth-order valence-electron chi connectivity index (χ4n) is 7.14. The number of piperazine rings is 1. The molecule has 1 aliphatic carbocycles. The van der Waals surface area contributed by atoms with Crippen LogP contribution in [-0.4, -0.2) is 81.7 Å². The van der Waals surface area contributed by atoms with E-state index in [9.17, 15) is 24.6 Å². The minimum absolute atomic E-state index is 0. The molecule has 2 aromatic carbocycles. The number of methoxy groups -OCH3 is 1. The predicted octanol–water partition coefficient (Wildman–Crippen LogP) is 5.54. The number of unbranched alkanes of at least 4 members (excludes halogenated alkanes) is 1. The summed E-state index contributed by atoms with van der Waals surface area (Å²) < 4.78 is 11.3. The minimum Gasteiger partial charge on any atom is -0.493 e. The van der Waals surface area contributed by atoms with E-state index in [2.05, 4.69) is 17.1 Å². The van der Waals surface area contributed by atoms with Gasteiger partial charge in [0.15, 0.2) is 11.5 Å². The number of ether oxygens (including phenoxy) is 2. The summed E-state index contributed by atoms with van der Waals surface area (Å²) in [5.74, 6) is 0.212. The topological polar surface area (TPSA) is 129 Å². The van der Waals surface area contributed by atoms with Crippen LogP contribution in [0.25, 0.3) is 0 Å². The number of rotatable bonds is 11. The predicted molar refractivity (Wildman–Crippen MR) is 177 cm³/mol. The fraction of sp³-hybridized carbons (Fsp3) is 0.571. The number of halogens is 1. The van der Waals surface area contributed by atoms with Crippen molar-refractivity contribution in [2.75, 3.05) is 26.7 Å². The Balaban J connectivity index is 0.00000480. The zero-order chi connectivity index (χ0) is 32.0. The van der Waals surface area contributed by atoms with Crippen molar-refractivity contribution in [3.8, 4) is 17.2 Å². The van der Waals surface area contributed by atoms with Crippen LogP contribution >= 0.6 is 12.4 Å². The van der Waals surface area contributed by atoms with E-state index in [0.29, 0.717) is 75.5 Å². The van der Waals surface area contributed by atoms with Gasteiger partial charge in [-0.1, -0.05) is 51.2 Å². The highest BCUT2D eigenvalue weighted by molar-refractivity contribution is 6.00. The first-order chi connectivity index (χ1) is 21.7. The van der Waals surface area contributed by atoms with Gasteiger partial charge in [-0.15, -0.1) is 12.4 Å². The van der Waals surface area contributed by atoms with Gasteiger partial charge in [0.1, 0.15) is 17.3 Å². The molecule has 10 nitrogen and oxygen atoms in total. The lowest BCUT2D eigenvalue weighted by molar-refractivity contribution is -0.163. The van der Waals surface area contributed by atoms with E-state index in [-0.39, 0.29) is 29.8 Å². The largest absolute Gasteiger partial charge is 0.493 e. The molecule has 0 bridgehead atoms. The molecular weight excluding hydrogens is 610 g/mol. The lowest BCUT2D eigenvalue weighted by atomic mass is 9.79. The Hall–Kier alpha value is -3.34. The number of likely N-dealkylation sites (tertiary alicyclic amines) is 1. The fourth-order valence-corrected chi connectivity index (χ4v) is 7.14. The number of aliphatic hydroxyl groups is 1. The van der Waals surface area contributed by atoms with E-state index in [1.54, 1.807) is 6.07 Å². The second kappa shape index (κ2) is 15.5. The van der Waals surface area contributed by atoms with Crippen LogP contribution in [0.15, 0.2) is 42.5 Å². The van der Waals surface area contributed by atoms with Crippen LogP contribution in [0.1, 0.15) is 93.5 Å². The first kappa shape index (κ1) is 35.5. The number of carboxylic acids is 1. The summed E-state index contributed by atoms with van der Waals surface area (Å²) in [6.45, 7) is 4.72. The molecule has 11 heteroatoms. The maximum Gasteiger partial charge on any atom is 0.335 e. The number of hydrogen-bond donors (Lipinski definition) is 3. The van der Waals surface area contributed by atoms with Gasteiger partial charge < -0.3 is 29.9 Å². The first-order valence-corrected chi connectivity index (χ1v) is 16.4. The second-order valence-corrected chi connectivity index (χ2v) is 12.9. The van der Waals surface area contributed by atoms with Gasteiger partial charge in [0, 0.05) is 32.6 Å². The molecule has 3 aliphatic rings. The summed E-state index contributed by atoms with van der Waals surface area (Å²) in [7, 11) is 1.47. The number of nitrogens with zero attached hydrogens (tertiary/aromatic N) is 2. The summed E-state index contributed by atoms with van der Waals surface area (Å²) in [5, 5.41) is 23.6. The molecule has 2 amide bonds. The molecular formula is C35H48ClN3O7. The van der Waals surface area contributed by atoms with E-state index in [1.165, 1.54) is 19.2 Å². The molecule has 2 saturated heterocycles. The summed E-state index contributed by atoms with van der Waals surface area (Å²) in [6, 6.07) is 11.5. The number of hydrogen-bond acceptors (Lipinski definition) is 7. The number of piperidine rings is 1. The van der Waals surface area contributed by atoms with Crippen molar-refractivity contribution in [3.63, 3.8) is 0 Å². The SMILES string of the molecule is CCCCN1C(=O)[C@@H](CC2(O)CCCCCC2)NC(=O)C12CCN(Cc1ccc(Oc3ccc(C(=O)O)cc3OC)cc1)CC2.Cl. The number of aromatic carboxylic acids is 1. The van der Waals surface area contributed by atoms with Gasteiger partial charge in [0.2, 0.25) is 11.8 Å². The van der Waals surface area contributed by atoms with E-state index in [4.69, 9.17) is 9.47 Å². The van der Waals surface area contributed by atoms with Crippen LogP contribution < -0.4 is 14.8 Å². The number of amides is 2. The molecule has 2 aliphatic heterocycles. The zero-order valence-electron chi connectivity index (χ0n) is 27.0. The number of carbonyl (C=O) groups excluding carboxylic acids is 2. The van der Waals surface area contributed by atoms with Crippen LogP contribution in [0.5, 0.6) is 17.2 Å². The highest BCUT2D eigenvalue weighted by atomic mass is 35.5. The Morgan fingerprint density at radius 1 is 0.978 bits per heavy atom. The van der Waals surface area contributed by atoms with Crippen LogP contribution in [0.4, 0.5) is 0 Å². The van der Waals surface area contributed by atoms with Crippen molar-refractivity contribution in [3.05, 3.63) is 53.6 Å². The smallest absolute Gasteiger partial charge is 0.335 e. The number of benzene rings is 2. The van der Waals surface area contributed by atoms with E-state index >= 15 is 0 Å². The lowest BCUT2D eigenvalue weighted by Gasteiger charge is -2.52. The molecule has 1 atom stereocenters. The molecule has 1 saturated carbocycles. The van der Waals surface area contributed by atoms with Crippen molar-refractivity contribution in [2.45, 2.75) is 101 Å². The summed E-state index contributed by atoms with van der Waals surface area (Å²) in [4.78, 5) is 43.2. The Bertz CT molecular complexity index is 1350. The van der Waals surface area contributed by atoms with E-state index in [1.807, 2.05) is 29.2 Å². The van der Waals surface area contributed by atoms with Crippen molar-refractivity contribution in [2.24, 2.45) is 0 Å². The Labute approximate surface area is 277 Å². The third-order valence-corrected chi connectivity index (χ3v) is 9.81. The van der Waals surface area contributed by atoms with E-state index in [0.717, 1.165) is 44.1 Å². The van der Waals surface area contributed by atoms with Crippen LogP contribution in [0.3, 0.4) is 0 Å². The average Bonchev–Trinajstić information content (AvgIpc) is 3.26. The molecule has 0 radical (unpaired) electrons. The monoisotopic (exact) mass is 657 g/mol. The van der Waals surface area contributed by atoms with Crippen molar-refractivity contribution in [1.29, 1.82) is 0 Å². The molecule has 0 unspecified atom stereocenters. The number of nitrogens with one attached hydrogen (secondary N) is 1. The molecule has 3 fully saturated rings. The van der Waals surface area contributed by atoms with Crippen LogP contribution in [0, 0.1) is 0 Å². The summed E-state index contributed by atoms with van der Waals surface area (Å²) in [5.41, 5.74) is -0.533. The normalized spacial score (nSPS) is 21.2. The summed E-state index contributed by atoms with van der Waals surface area (Å²) in [6.07, 6.45) is 8.69. The quantitative estimate of drug-likeness (QED) is 0.269. The standard InChI is InChI=1S/C35H47N3O7.ClH/c1-3-4-19-38-31(39)28(23-34(43)15-7-5-6-8-16-34)36-33(42)35(38)17-20-37(21-18-35)24-25-9-12-27(13-10-25)45-29-14-11-26(32(40)41)22-30(29)44-2;/h9-14,22,28,43H,3-8,15-21,23-24H2,1-2H3,(H,36,42)(H,40,41);1H/t28-;/m1./s1. The molecule has 252 valence electrons. The molecule has 2 heterocycles. The zero-order valence-corrected chi connectivity index (χ0v) is 27.8. The number of carboxylic acid groups (broad SMARTS) is 1. The highest BCUT2D eigenvalue weighted by Gasteiger charge is 2.54. The van der Waals surface area contributed by atoms with Gasteiger partial charge in [-0.3, -0.25) is 14.5 Å². The highest BCUT2D eigenvalue weighted by Crippen LogP contribution is 2.38. The Kier molecular flexibility index (Phi) is 12.0. The first-order valence-electron chi connectivity index (χ1n) is 16.4. The third-order valence-electron chi connectivity index (χ3n) is 9.81. The minimum atomic E-state index is -1.04. The van der Waals surface area contributed by atoms with Gasteiger partial charge in [-0.2, -0.15) is 0 Å². The van der Waals surface area contributed by atoms with E-state index < -0.39 is 23.2 Å². The molecule has 2 aromatic rings. The molecule has 1 spiro atoms. The van der Waals surface area contributed by atoms with Gasteiger partial charge >= 0.3 is 5.97 Å². The second-order valence-electron chi connectivity index (χ2n) is 12.9. The van der Waals surface area contributed by atoms with Crippen molar-refractivity contribution >= 4 is 30.2 Å². The maximum absolute atomic E-state index is 13.9. The Morgan fingerprint density at radius 3 is 2.26 bits per heavy atom. The van der Waals surface area contributed by atoms with Crippen LogP contribution in [-0.2, 0) is 16.1 Å². The van der Waals surface area contributed by atoms with Gasteiger partial charge in [-0.25, -0.2) is 4.79 Å². The molecule has 0 aromatic heterocycles.